The first-order valence-corrected chi connectivity index (χ1v) is 12.6. The van der Waals surface area contributed by atoms with Gasteiger partial charge in [0, 0.05) is 22.7 Å². The standard InChI is InChI=1S/C29H28ClN3O4/c1-3-4-14-37-23-13-10-19(15-24(23)36-2)28-25-26(21-16-20(30)11-12-22(21)34)31-32-27(25)29(35)33(28)17-18-8-6-5-7-9-18/h5-13,15-16,28,34H,3-4,14,17H2,1-2H3,(H,31,32). The van der Waals surface area contributed by atoms with Crippen LogP contribution >= 0.6 is 11.6 Å². The predicted molar refractivity (Wildman–Crippen MR) is 142 cm³/mol. The van der Waals surface area contributed by atoms with Crippen molar-refractivity contribution in [3.63, 3.8) is 0 Å². The van der Waals surface area contributed by atoms with Gasteiger partial charge in [-0.1, -0.05) is 61.3 Å². The van der Waals surface area contributed by atoms with Gasteiger partial charge in [0.25, 0.3) is 5.91 Å². The fourth-order valence-electron chi connectivity index (χ4n) is 4.69. The van der Waals surface area contributed by atoms with Gasteiger partial charge in [-0.3, -0.25) is 9.89 Å². The van der Waals surface area contributed by atoms with Crippen LogP contribution in [0.25, 0.3) is 11.3 Å². The Morgan fingerprint density at radius 3 is 2.65 bits per heavy atom. The van der Waals surface area contributed by atoms with Crippen molar-refractivity contribution in [3.8, 4) is 28.5 Å². The molecule has 1 aliphatic rings. The number of rotatable bonds is 9. The number of nitrogens with one attached hydrogen (secondary N) is 1. The molecule has 7 nitrogen and oxygen atoms in total. The van der Waals surface area contributed by atoms with Crippen molar-refractivity contribution in [2.75, 3.05) is 13.7 Å². The third-order valence-electron chi connectivity index (χ3n) is 6.53. The molecule has 0 fully saturated rings. The van der Waals surface area contributed by atoms with Crippen molar-refractivity contribution < 1.29 is 19.4 Å². The molecule has 1 aromatic heterocycles. The zero-order chi connectivity index (χ0) is 25.9. The van der Waals surface area contributed by atoms with Gasteiger partial charge in [-0.05, 0) is 47.9 Å². The average molecular weight is 518 g/mol. The summed E-state index contributed by atoms with van der Waals surface area (Å²) in [4.78, 5) is 15.5. The molecular formula is C29H28ClN3O4. The summed E-state index contributed by atoms with van der Waals surface area (Å²) in [7, 11) is 1.60. The number of unbranched alkanes of at least 4 members (excludes halogenated alkanes) is 1. The number of nitrogens with zero attached hydrogens (tertiary/aromatic N) is 2. The number of aromatic hydroxyl groups is 1. The number of ether oxygens (including phenoxy) is 2. The molecule has 0 spiro atoms. The number of aromatic nitrogens is 2. The number of methoxy groups -OCH3 is 1. The largest absolute Gasteiger partial charge is 0.507 e. The summed E-state index contributed by atoms with van der Waals surface area (Å²) in [5.41, 5.74) is 3.84. The summed E-state index contributed by atoms with van der Waals surface area (Å²) in [5.74, 6) is 1.10. The third kappa shape index (κ3) is 4.74. The summed E-state index contributed by atoms with van der Waals surface area (Å²) >= 11 is 6.25. The van der Waals surface area contributed by atoms with E-state index in [4.69, 9.17) is 21.1 Å². The average Bonchev–Trinajstić information content (AvgIpc) is 3.45. The van der Waals surface area contributed by atoms with E-state index >= 15 is 0 Å². The minimum atomic E-state index is -0.478. The second-order valence-corrected chi connectivity index (χ2v) is 9.39. The Bertz CT molecular complexity index is 1420. The van der Waals surface area contributed by atoms with Gasteiger partial charge in [-0.2, -0.15) is 5.10 Å². The van der Waals surface area contributed by atoms with E-state index in [2.05, 4.69) is 17.1 Å². The fraction of sp³-hybridized carbons (Fsp3) is 0.241. The Hall–Kier alpha value is -3.97. The van der Waals surface area contributed by atoms with Gasteiger partial charge in [0.1, 0.15) is 17.1 Å². The fourth-order valence-corrected chi connectivity index (χ4v) is 4.86. The maximum absolute atomic E-state index is 13.7. The number of aromatic amines is 1. The van der Waals surface area contributed by atoms with Gasteiger partial charge in [-0.25, -0.2) is 0 Å². The maximum Gasteiger partial charge on any atom is 0.273 e. The molecule has 0 saturated carbocycles. The predicted octanol–water partition coefficient (Wildman–Crippen LogP) is 6.37. The number of benzene rings is 3. The van der Waals surface area contributed by atoms with Gasteiger partial charge < -0.3 is 19.5 Å². The second kappa shape index (κ2) is 10.6. The highest BCUT2D eigenvalue weighted by molar-refractivity contribution is 6.31. The van der Waals surface area contributed by atoms with Crippen LogP contribution in [0, 0.1) is 0 Å². The SMILES string of the molecule is CCCCOc1ccc(C2c3c(-c4cc(Cl)ccc4O)n[nH]c3C(=O)N2Cc2ccccc2)cc1OC. The summed E-state index contributed by atoms with van der Waals surface area (Å²) in [6.07, 6.45) is 1.97. The minimum absolute atomic E-state index is 0.0312. The van der Waals surface area contributed by atoms with Crippen LogP contribution in [-0.2, 0) is 6.54 Å². The van der Waals surface area contributed by atoms with Crippen LogP contribution in [0.5, 0.6) is 17.2 Å². The Morgan fingerprint density at radius 2 is 1.89 bits per heavy atom. The second-order valence-electron chi connectivity index (χ2n) is 8.96. The van der Waals surface area contributed by atoms with Crippen molar-refractivity contribution >= 4 is 17.5 Å². The summed E-state index contributed by atoms with van der Waals surface area (Å²) in [6.45, 7) is 3.10. The molecule has 8 heteroatoms. The molecule has 5 rings (SSSR count). The molecule has 0 saturated heterocycles. The zero-order valence-electron chi connectivity index (χ0n) is 20.7. The molecule has 37 heavy (non-hydrogen) atoms. The number of H-pyrrole nitrogens is 1. The minimum Gasteiger partial charge on any atom is -0.507 e. The zero-order valence-corrected chi connectivity index (χ0v) is 21.5. The Balaban J connectivity index is 1.63. The molecule has 4 aromatic rings. The molecule has 1 atom stereocenters. The molecule has 3 aromatic carbocycles. The van der Waals surface area contributed by atoms with E-state index in [1.807, 2.05) is 48.5 Å². The van der Waals surface area contributed by atoms with Crippen LogP contribution in [0.4, 0.5) is 0 Å². The van der Waals surface area contributed by atoms with Crippen LogP contribution in [0.15, 0.2) is 66.7 Å². The topological polar surface area (TPSA) is 87.7 Å². The lowest BCUT2D eigenvalue weighted by Crippen LogP contribution is -2.29. The molecule has 0 radical (unpaired) electrons. The number of fused-ring (bicyclic) bond motifs is 1. The van der Waals surface area contributed by atoms with Crippen molar-refractivity contribution in [2.45, 2.75) is 32.4 Å². The molecular weight excluding hydrogens is 490 g/mol. The van der Waals surface area contributed by atoms with E-state index in [1.54, 1.807) is 24.1 Å². The third-order valence-corrected chi connectivity index (χ3v) is 6.77. The van der Waals surface area contributed by atoms with E-state index in [0.717, 1.165) is 24.0 Å². The lowest BCUT2D eigenvalue weighted by Gasteiger charge is -2.27. The monoisotopic (exact) mass is 517 g/mol. The highest BCUT2D eigenvalue weighted by Crippen LogP contribution is 2.46. The van der Waals surface area contributed by atoms with Gasteiger partial charge in [0.05, 0.1) is 19.8 Å². The molecule has 0 aliphatic carbocycles. The van der Waals surface area contributed by atoms with Gasteiger partial charge in [-0.15, -0.1) is 0 Å². The van der Waals surface area contributed by atoms with Crippen LogP contribution in [0.1, 0.15) is 53.0 Å². The van der Waals surface area contributed by atoms with E-state index in [9.17, 15) is 9.90 Å². The lowest BCUT2D eigenvalue weighted by molar-refractivity contribution is 0.0730. The number of phenols is 1. The van der Waals surface area contributed by atoms with Crippen molar-refractivity contribution in [1.82, 2.24) is 15.1 Å². The van der Waals surface area contributed by atoms with E-state index in [1.165, 1.54) is 6.07 Å². The first-order valence-electron chi connectivity index (χ1n) is 12.2. The summed E-state index contributed by atoms with van der Waals surface area (Å²) in [6, 6.07) is 19.9. The number of halogens is 1. The number of hydrogen-bond donors (Lipinski definition) is 2. The van der Waals surface area contributed by atoms with Gasteiger partial charge in [0.2, 0.25) is 0 Å². The molecule has 1 unspecified atom stereocenters. The smallest absolute Gasteiger partial charge is 0.273 e. The first-order chi connectivity index (χ1) is 18.0. The van der Waals surface area contributed by atoms with Crippen molar-refractivity contribution in [3.05, 3.63) is 94.1 Å². The van der Waals surface area contributed by atoms with Crippen LogP contribution in [0.2, 0.25) is 5.02 Å². The normalized spacial score (nSPS) is 14.6. The molecule has 1 amide bonds. The number of amides is 1. The van der Waals surface area contributed by atoms with Crippen molar-refractivity contribution in [2.24, 2.45) is 0 Å². The Labute approximate surface area is 220 Å². The van der Waals surface area contributed by atoms with Crippen LogP contribution in [-0.4, -0.2) is 39.8 Å². The summed E-state index contributed by atoms with van der Waals surface area (Å²) in [5, 5.41) is 18.5. The Kier molecular flexibility index (Phi) is 7.06. The Morgan fingerprint density at radius 1 is 1.08 bits per heavy atom. The number of hydrogen-bond acceptors (Lipinski definition) is 5. The number of phenolic OH excluding ortho intramolecular Hbond substituents is 1. The first kappa shape index (κ1) is 24.7. The van der Waals surface area contributed by atoms with Crippen LogP contribution in [0.3, 0.4) is 0 Å². The van der Waals surface area contributed by atoms with Gasteiger partial charge >= 0.3 is 0 Å². The molecule has 0 bridgehead atoms. The lowest BCUT2D eigenvalue weighted by atomic mass is 9.95. The highest BCUT2D eigenvalue weighted by atomic mass is 35.5. The summed E-state index contributed by atoms with van der Waals surface area (Å²) < 4.78 is 11.6. The maximum atomic E-state index is 13.7. The molecule has 2 heterocycles. The molecule has 1 aliphatic heterocycles. The quantitative estimate of drug-likeness (QED) is 0.252. The van der Waals surface area contributed by atoms with Crippen molar-refractivity contribution in [1.29, 1.82) is 0 Å². The van der Waals surface area contributed by atoms with Crippen LogP contribution < -0.4 is 9.47 Å². The molecule has 190 valence electrons. The van der Waals surface area contributed by atoms with E-state index < -0.39 is 6.04 Å². The van der Waals surface area contributed by atoms with E-state index in [0.29, 0.717) is 52.2 Å². The highest BCUT2D eigenvalue weighted by Gasteiger charge is 2.42. The number of carbonyl (C=O) groups is 1. The van der Waals surface area contributed by atoms with Gasteiger partial charge in [0.15, 0.2) is 11.5 Å². The van der Waals surface area contributed by atoms with E-state index in [-0.39, 0.29) is 11.7 Å². The number of carbonyl (C=O) groups excluding carboxylic acids is 1. The molecule has 2 N–H and O–H groups in total.